The van der Waals surface area contributed by atoms with E-state index in [4.69, 9.17) is 4.52 Å². The van der Waals surface area contributed by atoms with Crippen molar-refractivity contribution in [2.75, 3.05) is 19.6 Å². The zero-order chi connectivity index (χ0) is 34.1. The molecule has 0 aliphatic carbocycles. The van der Waals surface area contributed by atoms with E-state index in [0.717, 1.165) is 22.6 Å². The van der Waals surface area contributed by atoms with Gasteiger partial charge in [0, 0.05) is 38.0 Å². The van der Waals surface area contributed by atoms with Crippen molar-refractivity contribution in [3.05, 3.63) is 64.6 Å². The molecule has 2 aromatic heterocycles. The van der Waals surface area contributed by atoms with Crippen molar-refractivity contribution in [3.8, 4) is 0 Å². The van der Waals surface area contributed by atoms with Gasteiger partial charge in [0.05, 0.1) is 11.7 Å². The summed E-state index contributed by atoms with van der Waals surface area (Å²) >= 11 is 0. The van der Waals surface area contributed by atoms with E-state index in [1.54, 1.807) is 13.8 Å². The second kappa shape index (κ2) is 16.3. The minimum atomic E-state index is -0.935. The molecule has 0 saturated heterocycles. The summed E-state index contributed by atoms with van der Waals surface area (Å²) in [7, 11) is 0. The molecule has 1 aliphatic rings. The Hall–Kier alpha value is -4.59. The average Bonchev–Trinajstić information content (AvgIpc) is 3.54. The number of aryl methyl sites for hydroxylation is 3. The van der Waals surface area contributed by atoms with Gasteiger partial charge >= 0.3 is 0 Å². The van der Waals surface area contributed by atoms with Gasteiger partial charge < -0.3 is 25.8 Å². The van der Waals surface area contributed by atoms with Gasteiger partial charge in [0.25, 0.3) is 0 Å². The lowest BCUT2D eigenvalue weighted by Gasteiger charge is -2.27. The highest BCUT2D eigenvalue weighted by Gasteiger charge is 2.31. The van der Waals surface area contributed by atoms with Crippen molar-refractivity contribution in [2.24, 2.45) is 5.92 Å². The van der Waals surface area contributed by atoms with E-state index in [2.05, 4.69) is 41.4 Å². The third-order valence-electron chi connectivity index (χ3n) is 8.22. The van der Waals surface area contributed by atoms with Crippen LogP contribution in [-0.4, -0.2) is 80.2 Å². The maximum atomic E-state index is 13.8. The lowest BCUT2D eigenvalue weighted by molar-refractivity contribution is -0.132. The fourth-order valence-electron chi connectivity index (χ4n) is 5.57. The highest BCUT2D eigenvalue weighted by molar-refractivity contribution is 5.92. The van der Waals surface area contributed by atoms with Crippen LogP contribution in [0.1, 0.15) is 73.9 Å². The first-order valence-corrected chi connectivity index (χ1v) is 16.2. The number of nitrogens with zero attached hydrogens (tertiary/aromatic N) is 5. The largest absolute Gasteiger partial charge is 0.361 e. The predicted octanol–water partition coefficient (Wildman–Crippen LogP) is 1.65. The summed E-state index contributed by atoms with van der Waals surface area (Å²) in [6.07, 6.45) is 0.953. The number of nitrogens with one attached hydrogen (secondary N) is 4. The summed E-state index contributed by atoms with van der Waals surface area (Å²) in [6, 6.07) is 6.99. The van der Waals surface area contributed by atoms with E-state index in [-0.39, 0.29) is 37.1 Å². The Balaban J connectivity index is 1.61. The predicted molar refractivity (Wildman–Crippen MR) is 174 cm³/mol. The van der Waals surface area contributed by atoms with Gasteiger partial charge in [-0.2, -0.15) is 5.10 Å². The molecule has 14 heteroatoms. The Bertz CT molecular complexity index is 1510. The van der Waals surface area contributed by atoms with Crippen LogP contribution in [0.2, 0.25) is 0 Å². The van der Waals surface area contributed by atoms with Crippen LogP contribution in [0.4, 0.5) is 0 Å². The van der Waals surface area contributed by atoms with E-state index < -0.39 is 29.9 Å². The molecule has 3 aromatic rings. The highest BCUT2D eigenvalue weighted by atomic mass is 16.5. The van der Waals surface area contributed by atoms with Crippen LogP contribution >= 0.6 is 0 Å². The van der Waals surface area contributed by atoms with Gasteiger partial charge in [-0.3, -0.25) is 24.1 Å². The molecular formula is C33H47N9O5. The van der Waals surface area contributed by atoms with E-state index in [9.17, 15) is 19.2 Å². The molecule has 1 aliphatic heterocycles. The van der Waals surface area contributed by atoms with E-state index in [1.807, 2.05) is 58.0 Å². The number of hydrogen-bond donors (Lipinski definition) is 4. The van der Waals surface area contributed by atoms with Crippen molar-refractivity contribution in [3.63, 3.8) is 0 Å². The Morgan fingerprint density at radius 1 is 0.957 bits per heavy atom. The molecule has 0 radical (unpaired) electrons. The molecule has 0 spiro atoms. The quantitative estimate of drug-likeness (QED) is 0.320. The Morgan fingerprint density at radius 3 is 2.38 bits per heavy atom. The topological polar surface area (TPSA) is 176 Å². The van der Waals surface area contributed by atoms with Crippen LogP contribution in [0.5, 0.6) is 0 Å². The van der Waals surface area contributed by atoms with Gasteiger partial charge in [0.1, 0.15) is 30.2 Å². The lowest BCUT2D eigenvalue weighted by Crippen LogP contribution is -2.54. The molecule has 0 bridgehead atoms. The third kappa shape index (κ3) is 9.95. The second-order valence-corrected chi connectivity index (χ2v) is 12.5. The monoisotopic (exact) mass is 649 g/mol. The number of carbonyl (C=O) groups excluding carboxylic acids is 4. The average molecular weight is 650 g/mol. The Morgan fingerprint density at radius 2 is 1.70 bits per heavy atom. The third-order valence-corrected chi connectivity index (χ3v) is 8.22. The van der Waals surface area contributed by atoms with Gasteiger partial charge in [-0.05, 0) is 52.1 Å². The molecule has 4 N–H and O–H groups in total. The number of carbonyl (C=O) groups is 4. The van der Waals surface area contributed by atoms with E-state index in [1.165, 1.54) is 4.68 Å². The number of benzene rings is 1. The molecule has 4 rings (SSSR count). The number of amides is 4. The minimum absolute atomic E-state index is 0.0823. The maximum absolute atomic E-state index is 13.8. The SMILES string of the molecule is Cc1nc2n(n1)CC(=O)NCCN(Cc1c(C)noc1C)CCCC(=O)N[C@@H](C)C(=O)N[C@H](Cc1ccccc1)C(=O)N[C@H]2C(C)C. The first-order valence-electron chi connectivity index (χ1n) is 16.2. The molecular weight excluding hydrogens is 602 g/mol. The van der Waals surface area contributed by atoms with Crippen LogP contribution in [-0.2, 0) is 38.7 Å². The molecule has 0 fully saturated rings. The van der Waals surface area contributed by atoms with Crippen LogP contribution in [0, 0.1) is 26.7 Å². The first-order chi connectivity index (χ1) is 22.4. The van der Waals surface area contributed by atoms with Gasteiger partial charge in [0.15, 0.2) is 5.82 Å². The summed E-state index contributed by atoms with van der Waals surface area (Å²) in [4.78, 5) is 59.9. The number of rotatable bonds is 5. The van der Waals surface area contributed by atoms with Crippen molar-refractivity contribution >= 4 is 23.6 Å². The fourth-order valence-corrected chi connectivity index (χ4v) is 5.57. The molecule has 0 unspecified atom stereocenters. The van der Waals surface area contributed by atoms with Crippen molar-refractivity contribution in [1.82, 2.24) is 46.1 Å². The molecule has 0 saturated carbocycles. The van der Waals surface area contributed by atoms with Crippen molar-refractivity contribution in [2.45, 2.75) is 92.0 Å². The zero-order valence-electron chi connectivity index (χ0n) is 28.1. The standard InChI is InChI=1S/C33H47N9O5/c1-20(2)30-31-36-24(6)39-42(31)19-29(44)34-14-16-41(18-26-21(3)40-47-23(26)5)15-10-13-28(43)35-22(4)32(45)37-27(33(46)38-30)17-25-11-8-7-9-12-25/h7-9,11-12,20,22,27,30H,10,13-19H2,1-6H3,(H,34,44)(H,35,43)(H,37,45)(H,38,46)/t22-,27+,30-/m0/s1. The summed E-state index contributed by atoms with van der Waals surface area (Å²) < 4.78 is 6.87. The summed E-state index contributed by atoms with van der Waals surface area (Å²) in [5.74, 6) is 0.111. The number of fused-ring (bicyclic) bond motifs is 1. The molecule has 14 nitrogen and oxygen atoms in total. The molecule has 3 heterocycles. The molecule has 47 heavy (non-hydrogen) atoms. The fraction of sp³-hybridized carbons (Fsp3) is 0.545. The summed E-state index contributed by atoms with van der Waals surface area (Å²) in [6.45, 7) is 12.9. The van der Waals surface area contributed by atoms with E-state index >= 15 is 0 Å². The van der Waals surface area contributed by atoms with Crippen LogP contribution in [0.15, 0.2) is 34.9 Å². The highest BCUT2D eigenvalue weighted by Crippen LogP contribution is 2.21. The Labute approximate surface area is 275 Å². The van der Waals surface area contributed by atoms with Gasteiger partial charge in [0.2, 0.25) is 23.6 Å². The van der Waals surface area contributed by atoms with Crippen LogP contribution < -0.4 is 21.3 Å². The van der Waals surface area contributed by atoms with Gasteiger partial charge in [-0.1, -0.05) is 49.3 Å². The first kappa shape index (κ1) is 35.3. The molecule has 3 atom stereocenters. The number of aromatic nitrogens is 4. The lowest BCUT2D eigenvalue weighted by atomic mass is 10.0. The van der Waals surface area contributed by atoms with E-state index in [0.29, 0.717) is 44.2 Å². The Kier molecular flexibility index (Phi) is 12.2. The van der Waals surface area contributed by atoms with Gasteiger partial charge in [-0.15, -0.1) is 0 Å². The minimum Gasteiger partial charge on any atom is -0.361 e. The van der Waals surface area contributed by atoms with Crippen molar-refractivity contribution in [1.29, 1.82) is 0 Å². The van der Waals surface area contributed by atoms with Crippen molar-refractivity contribution < 1.29 is 23.7 Å². The molecule has 4 amide bonds. The summed E-state index contributed by atoms with van der Waals surface area (Å²) in [5, 5.41) is 20.2. The second-order valence-electron chi connectivity index (χ2n) is 12.5. The van der Waals surface area contributed by atoms with Gasteiger partial charge in [-0.25, -0.2) is 9.67 Å². The maximum Gasteiger partial charge on any atom is 0.243 e. The smallest absolute Gasteiger partial charge is 0.243 e. The molecule has 254 valence electrons. The summed E-state index contributed by atoms with van der Waals surface area (Å²) in [5.41, 5.74) is 2.62. The molecule has 1 aromatic carbocycles. The van der Waals surface area contributed by atoms with Crippen LogP contribution in [0.25, 0.3) is 0 Å². The zero-order valence-corrected chi connectivity index (χ0v) is 28.1. The number of hydrogen-bond acceptors (Lipinski definition) is 9. The normalized spacial score (nSPS) is 21.4. The van der Waals surface area contributed by atoms with Crippen LogP contribution in [0.3, 0.4) is 0 Å².